The number of nitrogens with zero attached hydrogens (tertiary/aromatic N) is 2. The molecule has 0 amide bonds. The van der Waals surface area contributed by atoms with Crippen molar-refractivity contribution in [2.75, 3.05) is 13.7 Å². The van der Waals surface area contributed by atoms with E-state index in [1.807, 2.05) is 27.8 Å². The zero-order valence-corrected chi connectivity index (χ0v) is 13.2. The van der Waals surface area contributed by atoms with Gasteiger partial charge < -0.3 is 9.84 Å². The maximum Gasteiger partial charge on any atom is 0.323 e. The average Bonchev–Trinajstić information content (AvgIpc) is 3.18. The molecule has 2 aromatic heterocycles. The van der Waals surface area contributed by atoms with Crippen LogP contribution in [0.1, 0.15) is 12.1 Å². The quantitative estimate of drug-likeness (QED) is 0.871. The highest BCUT2D eigenvalue weighted by atomic mass is 32.1. The van der Waals surface area contributed by atoms with E-state index in [0.717, 1.165) is 15.6 Å². The number of thiazole rings is 1. The number of ether oxygens (including phenoxy) is 1. The van der Waals surface area contributed by atoms with E-state index >= 15 is 0 Å². The van der Waals surface area contributed by atoms with Crippen molar-refractivity contribution in [1.29, 1.82) is 0 Å². The number of likely N-dealkylation sites (tertiary alicyclic amines) is 1. The molecule has 1 saturated heterocycles. The number of aliphatic hydroxyl groups is 1. The summed E-state index contributed by atoms with van der Waals surface area (Å²) in [5.74, 6) is -0.291. The molecular formula is C14H16N2O3S2. The average molecular weight is 324 g/mol. The van der Waals surface area contributed by atoms with Crippen LogP contribution in [-0.2, 0) is 16.1 Å². The number of methoxy groups -OCH3 is 1. The largest absolute Gasteiger partial charge is 0.468 e. The zero-order chi connectivity index (χ0) is 14.8. The number of hydrogen-bond acceptors (Lipinski definition) is 7. The van der Waals surface area contributed by atoms with E-state index in [-0.39, 0.29) is 12.0 Å². The van der Waals surface area contributed by atoms with Crippen molar-refractivity contribution in [3.63, 3.8) is 0 Å². The molecule has 0 bridgehead atoms. The van der Waals surface area contributed by atoms with E-state index in [1.54, 1.807) is 22.7 Å². The summed E-state index contributed by atoms with van der Waals surface area (Å²) in [4.78, 5) is 19.5. The summed E-state index contributed by atoms with van der Waals surface area (Å²) in [7, 11) is 1.38. The zero-order valence-electron chi connectivity index (χ0n) is 11.6. The Balaban J connectivity index is 1.72. The third kappa shape index (κ3) is 3.16. The monoisotopic (exact) mass is 324 g/mol. The van der Waals surface area contributed by atoms with Crippen LogP contribution < -0.4 is 0 Å². The number of β-amino-alcohol motifs (C(OH)–C–C–N with tert-alkyl or cyclic N) is 1. The predicted octanol–water partition coefficient (Wildman–Crippen LogP) is 1.98. The minimum absolute atomic E-state index is 0.291. The molecule has 0 saturated carbocycles. The van der Waals surface area contributed by atoms with E-state index < -0.39 is 6.10 Å². The SMILES string of the molecule is COC(=O)[C@@H]1C[C@H](O)CN1Cc1csc(-c2cccs2)n1. The number of carbonyl (C=O) groups excluding carboxylic acids is 1. The molecular weight excluding hydrogens is 308 g/mol. The Hall–Kier alpha value is -1.28. The van der Waals surface area contributed by atoms with Crippen LogP contribution in [0, 0.1) is 0 Å². The Morgan fingerprint density at radius 3 is 3.14 bits per heavy atom. The fraction of sp³-hybridized carbons (Fsp3) is 0.429. The predicted molar refractivity (Wildman–Crippen MR) is 82.3 cm³/mol. The van der Waals surface area contributed by atoms with Crippen LogP contribution in [0.4, 0.5) is 0 Å². The highest BCUT2D eigenvalue weighted by Crippen LogP contribution is 2.29. The molecule has 5 nitrogen and oxygen atoms in total. The van der Waals surface area contributed by atoms with Crippen LogP contribution in [0.2, 0.25) is 0 Å². The molecule has 2 atom stereocenters. The van der Waals surface area contributed by atoms with Gasteiger partial charge in [0.05, 0.1) is 23.8 Å². The summed E-state index contributed by atoms with van der Waals surface area (Å²) in [6, 6.07) is 3.67. The van der Waals surface area contributed by atoms with Gasteiger partial charge in [0.1, 0.15) is 11.0 Å². The second-order valence-electron chi connectivity index (χ2n) is 4.98. The Morgan fingerprint density at radius 2 is 2.43 bits per heavy atom. The lowest BCUT2D eigenvalue weighted by Crippen LogP contribution is -2.36. The molecule has 3 rings (SSSR count). The van der Waals surface area contributed by atoms with Gasteiger partial charge in [0.2, 0.25) is 0 Å². The fourth-order valence-electron chi connectivity index (χ4n) is 2.54. The Morgan fingerprint density at radius 1 is 1.57 bits per heavy atom. The normalized spacial score (nSPS) is 22.6. The highest BCUT2D eigenvalue weighted by Gasteiger charge is 2.36. The van der Waals surface area contributed by atoms with Crippen LogP contribution in [0.25, 0.3) is 9.88 Å². The minimum atomic E-state index is -0.482. The van der Waals surface area contributed by atoms with E-state index in [1.165, 1.54) is 7.11 Å². The standard InChI is InChI=1S/C14H16N2O3S2/c1-19-14(18)11-5-10(17)7-16(11)6-9-8-21-13(15-9)12-3-2-4-20-12/h2-4,8,10-11,17H,5-7H2,1H3/t10-,11-/m0/s1. The van der Waals surface area contributed by atoms with Gasteiger partial charge in [-0.2, -0.15) is 0 Å². The van der Waals surface area contributed by atoms with Gasteiger partial charge in [-0.15, -0.1) is 22.7 Å². The molecule has 0 aliphatic carbocycles. The first-order valence-corrected chi connectivity index (χ1v) is 8.41. The van der Waals surface area contributed by atoms with Gasteiger partial charge in [0.15, 0.2) is 0 Å². The number of hydrogen-bond donors (Lipinski definition) is 1. The fourth-order valence-corrected chi connectivity index (χ4v) is 4.16. The molecule has 7 heteroatoms. The lowest BCUT2D eigenvalue weighted by atomic mass is 10.2. The summed E-state index contributed by atoms with van der Waals surface area (Å²) in [6.45, 7) is 1.03. The van der Waals surface area contributed by atoms with E-state index in [0.29, 0.717) is 19.5 Å². The van der Waals surface area contributed by atoms with Gasteiger partial charge in [-0.05, 0) is 11.4 Å². The number of esters is 1. The number of thiophene rings is 1. The first-order chi connectivity index (χ1) is 10.2. The van der Waals surface area contributed by atoms with Gasteiger partial charge in [-0.3, -0.25) is 9.69 Å². The molecule has 1 aliphatic rings. The smallest absolute Gasteiger partial charge is 0.323 e. The minimum Gasteiger partial charge on any atom is -0.468 e. The summed E-state index contributed by atoms with van der Waals surface area (Å²) in [5, 5.41) is 14.8. The van der Waals surface area contributed by atoms with Crippen molar-refractivity contribution in [2.45, 2.75) is 25.1 Å². The maximum absolute atomic E-state index is 11.8. The van der Waals surface area contributed by atoms with Crippen LogP contribution in [0.5, 0.6) is 0 Å². The maximum atomic E-state index is 11.8. The molecule has 1 N–H and O–H groups in total. The van der Waals surface area contributed by atoms with Crippen molar-refractivity contribution >= 4 is 28.6 Å². The molecule has 1 aliphatic heterocycles. The van der Waals surface area contributed by atoms with E-state index in [2.05, 4.69) is 4.98 Å². The number of carbonyl (C=O) groups is 1. The molecule has 21 heavy (non-hydrogen) atoms. The number of rotatable bonds is 4. The summed E-state index contributed by atoms with van der Waals surface area (Å²) >= 11 is 3.26. The lowest BCUT2D eigenvalue weighted by molar-refractivity contribution is -0.146. The summed E-state index contributed by atoms with van der Waals surface area (Å²) in [5.41, 5.74) is 0.923. The molecule has 112 valence electrons. The second-order valence-corrected chi connectivity index (χ2v) is 6.79. The molecule has 0 spiro atoms. The van der Waals surface area contributed by atoms with Crippen molar-refractivity contribution in [2.24, 2.45) is 0 Å². The third-order valence-corrected chi connectivity index (χ3v) is 5.43. The van der Waals surface area contributed by atoms with Gasteiger partial charge >= 0.3 is 5.97 Å². The number of aliphatic hydroxyl groups excluding tert-OH is 1. The van der Waals surface area contributed by atoms with Crippen molar-refractivity contribution in [1.82, 2.24) is 9.88 Å². The van der Waals surface area contributed by atoms with Gasteiger partial charge in [-0.1, -0.05) is 6.07 Å². The van der Waals surface area contributed by atoms with E-state index in [9.17, 15) is 9.90 Å². The van der Waals surface area contributed by atoms with Crippen LogP contribution in [-0.4, -0.2) is 46.8 Å². The van der Waals surface area contributed by atoms with Crippen LogP contribution in [0.3, 0.4) is 0 Å². The van der Waals surface area contributed by atoms with Crippen molar-refractivity contribution in [3.8, 4) is 9.88 Å². The van der Waals surface area contributed by atoms with Crippen molar-refractivity contribution in [3.05, 3.63) is 28.6 Å². The summed E-state index contributed by atoms with van der Waals surface area (Å²) < 4.78 is 4.81. The van der Waals surface area contributed by atoms with Gasteiger partial charge in [0.25, 0.3) is 0 Å². The molecule has 3 heterocycles. The topological polar surface area (TPSA) is 62.7 Å². The van der Waals surface area contributed by atoms with Crippen molar-refractivity contribution < 1.29 is 14.6 Å². The Kier molecular flexibility index (Phi) is 4.34. The molecule has 0 radical (unpaired) electrons. The Labute approximate surface area is 130 Å². The lowest BCUT2D eigenvalue weighted by Gasteiger charge is -2.20. The summed E-state index contributed by atoms with van der Waals surface area (Å²) in [6.07, 6.45) is -0.0568. The van der Waals surface area contributed by atoms with Gasteiger partial charge in [-0.25, -0.2) is 4.98 Å². The second kappa shape index (κ2) is 6.23. The Bertz CT molecular complexity index is 612. The van der Waals surface area contributed by atoms with E-state index in [4.69, 9.17) is 4.74 Å². The molecule has 0 aromatic carbocycles. The highest BCUT2D eigenvalue weighted by molar-refractivity contribution is 7.20. The molecule has 0 unspecified atom stereocenters. The van der Waals surface area contributed by atoms with Crippen LogP contribution >= 0.6 is 22.7 Å². The first kappa shape index (κ1) is 14.6. The first-order valence-electron chi connectivity index (χ1n) is 6.65. The molecule has 1 fully saturated rings. The third-order valence-electron chi connectivity index (χ3n) is 3.50. The van der Waals surface area contributed by atoms with Gasteiger partial charge in [0, 0.05) is 24.9 Å². The number of aromatic nitrogens is 1. The molecule has 2 aromatic rings. The van der Waals surface area contributed by atoms with Crippen LogP contribution in [0.15, 0.2) is 22.9 Å².